The van der Waals surface area contributed by atoms with Crippen molar-refractivity contribution in [1.82, 2.24) is 9.97 Å². The van der Waals surface area contributed by atoms with Gasteiger partial charge in [0.05, 0.1) is 0 Å². The van der Waals surface area contributed by atoms with Crippen LogP contribution in [-0.2, 0) is 6.18 Å². The number of rotatable bonds is 4. The molecule has 0 aliphatic carbocycles. The van der Waals surface area contributed by atoms with Gasteiger partial charge in [0.15, 0.2) is 5.69 Å². The maximum atomic E-state index is 13.2. The molecular formula is C19H23F3N4O. The van der Waals surface area contributed by atoms with Crippen LogP contribution in [0.3, 0.4) is 0 Å². The first-order chi connectivity index (χ1) is 12.8. The first-order valence-corrected chi connectivity index (χ1v) is 8.84. The molecule has 0 spiro atoms. The van der Waals surface area contributed by atoms with Gasteiger partial charge in [-0.2, -0.15) is 18.2 Å². The Kier molecular flexibility index (Phi) is 5.55. The Morgan fingerprint density at radius 1 is 1.19 bits per heavy atom. The number of benzene rings is 1. The van der Waals surface area contributed by atoms with Crippen molar-refractivity contribution in [3.8, 4) is 0 Å². The minimum Gasteiger partial charge on any atom is -0.396 e. The van der Waals surface area contributed by atoms with E-state index >= 15 is 0 Å². The summed E-state index contributed by atoms with van der Waals surface area (Å²) in [6, 6.07) is 10.8. The lowest BCUT2D eigenvalue weighted by molar-refractivity contribution is -0.141. The van der Waals surface area contributed by atoms with E-state index in [1.165, 1.54) is 4.90 Å². The molecule has 2 atom stereocenters. The normalized spacial score (nSPS) is 20.6. The minimum atomic E-state index is -4.54. The van der Waals surface area contributed by atoms with Crippen molar-refractivity contribution < 1.29 is 18.3 Å². The molecule has 146 valence electrons. The third kappa shape index (κ3) is 4.32. The fourth-order valence-corrected chi connectivity index (χ4v) is 3.48. The van der Waals surface area contributed by atoms with Crippen molar-refractivity contribution in [2.45, 2.75) is 18.5 Å². The molecule has 3 rings (SSSR count). The first kappa shape index (κ1) is 19.4. The number of aliphatic hydroxyl groups excluding tert-OH is 1. The lowest BCUT2D eigenvalue weighted by Crippen LogP contribution is -2.42. The fourth-order valence-electron chi connectivity index (χ4n) is 3.48. The summed E-state index contributed by atoms with van der Waals surface area (Å²) in [5.74, 6) is 0.324. The molecule has 1 aliphatic heterocycles. The molecule has 1 saturated heterocycles. The second kappa shape index (κ2) is 7.72. The molecular weight excluding hydrogens is 357 g/mol. The SMILES string of the molecule is CN(C)c1cc(C(F)(F)F)nc(N2CC[C@@H](c3ccccc3)[C@@H](CO)C2)n1. The maximum absolute atomic E-state index is 13.2. The number of hydrogen-bond donors (Lipinski definition) is 1. The van der Waals surface area contributed by atoms with E-state index in [2.05, 4.69) is 9.97 Å². The van der Waals surface area contributed by atoms with Gasteiger partial charge in [0.25, 0.3) is 0 Å². The molecule has 1 N–H and O–H groups in total. The van der Waals surface area contributed by atoms with Crippen LogP contribution in [0.15, 0.2) is 36.4 Å². The average Bonchev–Trinajstić information content (AvgIpc) is 2.67. The fraction of sp³-hybridized carbons (Fsp3) is 0.474. The van der Waals surface area contributed by atoms with Gasteiger partial charge < -0.3 is 14.9 Å². The molecule has 1 aromatic heterocycles. The topological polar surface area (TPSA) is 52.5 Å². The second-order valence-corrected chi connectivity index (χ2v) is 7.00. The highest BCUT2D eigenvalue weighted by Gasteiger charge is 2.36. The van der Waals surface area contributed by atoms with Crippen LogP contribution < -0.4 is 9.80 Å². The Bertz CT molecular complexity index is 767. The van der Waals surface area contributed by atoms with Gasteiger partial charge in [0, 0.05) is 45.8 Å². The van der Waals surface area contributed by atoms with Crippen LogP contribution in [-0.4, -0.2) is 48.9 Å². The van der Waals surface area contributed by atoms with Gasteiger partial charge in [-0.3, -0.25) is 0 Å². The summed E-state index contributed by atoms with van der Waals surface area (Å²) in [7, 11) is 3.29. The molecule has 1 fully saturated rings. The smallest absolute Gasteiger partial charge is 0.396 e. The summed E-state index contributed by atoms with van der Waals surface area (Å²) in [5.41, 5.74) is 0.178. The molecule has 8 heteroatoms. The third-order valence-electron chi connectivity index (χ3n) is 4.93. The van der Waals surface area contributed by atoms with E-state index in [1.807, 2.05) is 30.3 Å². The van der Waals surface area contributed by atoms with Gasteiger partial charge in [-0.25, -0.2) is 4.98 Å². The van der Waals surface area contributed by atoms with Crippen LogP contribution in [0.4, 0.5) is 24.9 Å². The van der Waals surface area contributed by atoms with Crippen molar-refractivity contribution in [3.05, 3.63) is 47.7 Å². The summed E-state index contributed by atoms with van der Waals surface area (Å²) in [5, 5.41) is 9.86. The molecule has 1 aliphatic rings. The number of alkyl halides is 3. The summed E-state index contributed by atoms with van der Waals surface area (Å²) in [6.45, 7) is 0.893. The maximum Gasteiger partial charge on any atom is 0.433 e. The third-order valence-corrected chi connectivity index (χ3v) is 4.93. The predicted octanol–water partition coefficient (Wildman–Crippen LogP) is 3.16. The molecule has 0 bridgehead atoms. The lowest BCUT2D eigenvalue weighted by Gasteiger charge is -2.38. The first-order valence-electron chi connectivity index (χ1n) is 8.84. The highest BCUT2D eigenvalue weighted by molar-refractivity contribution is 5.46. The number of hydrogen-bond acceptors (Lipinski definition) is 5. The largest absolute Gasteiger partial charge is 0.433 e. The number of nitrogens with zero attached hydrogens (tertiary/aromatic N) is 4. The van der Waals surface area contributed by atoms with Gasteiger partial charge >= 0.3 is 6.18 Å². The summed E-state index contributed by atoms with van der Waals surface area (Å²) in [4.78, 5) is 11.3. The zero-order chi connectivity index (χ0) is 19.6. The Morgan fingerprint density at radius 3 is 2.48 bits per heavy atom. The number of aliphatic hydroxyl groups is 1. The number of aromatic nitrogens is 2. The van der Waals surface area contributed by atoms with Crippen molar-refractivity contribution in [3.63, 3.8) is 0 Å². The molecule has 1 aromatic carbocycles. The van der Waals surface area contributed by atoms with Gasteiger partial charge in [0.1, 0.15) is 5.82 Å². The van der Waals surface area contributed by atoms with E-state index in [1.54, 1.807) is 19.0 Å². The number of halogens is 3. The second-order valence-electron chi connectivity index (χ2n) is 7.00. The van der Waals surface area contributed by atoms with Crippen LogP contribution >= 0.6 is 0 Å². The molecule has 27 heavy (non-hydrogen) atoms. The predicted molar refractivity (Wildman–Crippen MR) is 97.9 cm³/mol. The summed E-state index contributed by atoms with van der Waals surface area (Å²) >= 11 is 0. The zero-order valence-electron chi connectivity index (χ0n) is 15.3. The Balaban J connectivity index is 1.88. The van der Waals surface area contributed by atoms with Crippen LogP contribution in [0.5, 0.6) is 0 Å². The van der Waals surface area contributed by atoms with E-state index < -0.39 is 11.9 Å². The van der Waals surface area contributed by atoms with Crippen LogP contribution in [0.25, 0.3) is 0 Å². The van der Waals surface area contributed by atoms with Gasteiger partial charge in [-0.1, -0.05) is 30.3 Å². The molecule has 5 nitrogen and oxygen atoms in total. The summed E-state index contributed by atoms with van der Waals surface area (Å²) in [6.07, 6.45) is -3.83. The quantitative estimate of drug-likeness (QED) is 0.883. The monoisotopic (exact) mass is 380 g/mol. The van der Waals surface area contributed by atoms with E-state index in [0.717, 1.165) is 11.6 Å². The Hall–Kier alpha value is -2.35. The van der Waals surface area contributed by atoms with Gasteiger partial charge in [-0.15, -0.1) is 0 Å². The standard InChI is InChI=1S/C19H23F3N4O/c1-25(2)17-10-16(19(20,21)22)23-18(24-17)26-9-8-15(14(11-26)12-27)13-6-4-3-5-7-13/h3-7,10,14-15,27H,8-9,11-12H2,1-2H3/t14-,15+/m1/s1. The average molecular weight is 380 g/mol. The van der Waals surface area contributed by atoms with E-state index in [4.69, 9.17) is 0 Å². The van der Waals surface area contributed by atoms with Gasteiger partial charge in [0.2, 0.25) is 5.95 Å². The minimum absolute atomic E-state index is 0.0461. The molecule has 2 heterocycles. The highest BCUT2D eigenvalue weighted by atomic mass is 19.4. The van der Waals surface area contributed by atoms with Crippen LogP contribution in [0.1, 0.15) is 23.6 Å². The van der Waals surface area contributed by atoms with E-state index in [0.29, 0.717) is 19.5 Å². The summed E-state index contributed by atoms with van der Waals surface area (Å²) < 4.78 is 39.7. The van der Waals surface area contributed by atoms with E-state index in [9.17, 15) is 18.3 Å². The molecule has 0 saturated carbocycles. The highest BCUT2D eigenvalue weighted by Crippen LogP contribution is 2.36. The van der Waals surface area contributed by atoms with Crippen molar-refractivity contribution in [2.24, 2.45) is 5.92 Å². The number of piperidine rings is 1. The van der Waals surface area contributed by atoms with Crippen LogP contribution in [0, 0.1) is 5.92 Å². The van der Waals surface area contributed by atoms with Gasteiger partial charge in [-0.05, 0) is 17.9 Å². The number of anilines is 2. The van der Waals surface area contributed by atoms with Crippen molar-refractivity contribution in [2.75, 3.05) is 43.6 Å². The van der Waals surface area contributed by atoms with Crippen molar-refractivity contribution >= 4 is 11.8 Å². The molecule has 0 radical (unpaired) electrons. The Morgan fingerprint density at radius 2 is 1.89 bits per heavy atom. The zero-order valence-corrected chi connectivity index (χ0v) is 15.3. The Labute approximate surface area is 156 Å². The van der Waals surface area contributed by atoms with E-state index in [-0.39, 0.29) is 30.2 Å². The molecule has 0 amide bonds. The lowest BCUT2D eigenvalue weighted by atomic mass is 9.81. The molecule has 2 aromatic rings. The molecule has 0 unspecified atom stereocenters. The van der Waals surface area contributed by atoms with Crippen molar-refractivity contribution in [1.29, 1.82) is 0 Å². The van der Waals surface area contributed by atoms with Crippen LogP contribution in [0.2, 0.25) is 0 Å².